The number of hydrogen-bond donors (Lipinski definition) is 0. The molecular weight excluding hydrogens is 316 g/mol. The highest BCUT2D eigenvalue weighted by atomic mass is 32.1. The van der Waals surface area contributed by atoms with Gasteiger partial charge in [-0.2, -0.15) is 5.26 Å². The lowest BCUT2D eigenvalue weighted by molar-refractivity contribution is 0.161. The van der Waals surface area contributed by atoms with E-state index in [-0.39, 0.29) is 0 Å². The molecule has 2 heterocycles. The van der Waals surface area contributed by atoms with Gasteiger partial charge in [-0.1, -0.05) is 30.3 Å². The third-order valence-electron chi connectivity index (χ3n) is 3.58. The Kier molecular flexibility index (Phi) is 10.2. The quantitative estimate of drug-likeness (QED) is 0.780. The Morgan fingerprint density at radius 3 is 2.33 bits per heavy atom. The predicted octanol–water partition coefficient (Wildman–Crippen LogP) is 4.26. The topological polar surface area (TPSA) is 36.3 Å². The molecule has 0 bridgehead atoms. The van der Waals surface area contributed by atoms with E-state index in [1.54, 1.807) is 7.11 Å². The summed E-state index contributed by atoms with van der Waals surface area (Å²) in [7, 11) is 1.76. The van der Waals surface area contributed by atoms with Gasteiger partial charge in [0.1, 0.15) is 10.9 Å². The molecule has 4 heteroatoms. The Labute approximate surface area is 149 Å². The second-order valence-electron chi connectivity index (χ2n) is 5.18. The summed E-state index contributed by atoms with van der Waals surface area (Å²) < 4.78 is 4.96. The SMILES string of the molecule is C#C.COCCN1CCCC1.N#Cc1ccc(-c2ccccc2)s1. The van der Waals surface area contributed by atoms with Crippen molar-refractivity contribution >= 4 is 11.3 Å². The van der Waals surface area contributed by atoms with Crippen molar-refractivity contribution in [1.29, 1.82) is 5.26 Å². The summed E-state index contributed by atoms with van der Waals surface area (Å²) in [6.45, 7) is 4.57. The van der Waals surface area contributed by atoms with Gasteiger partial charge in [0.25, 0.3) is 0 Å². The maximum Gasteiger partial charge on any atom is 0.110 e. The highest BCUT2D eigenvalue weighted by Crippen LogP contribution is 2.26. The van der Waals surface area contributed by atoms with E-state index in [0.29, 0.717) is 0 Å². The molecule has 1 aromatic heterocycles. The summed E-state index contributed by atoms with van der Waals surface area (Å²) in [5, 5.41) is 8.66. The van der Waals surface area contributed by atoms with Crippen molar-refractivity contribution in [2.24, 2.45) is 0 Å². The largest absolute Gasteiger partial charge is 0.383 e. The van der Waals surface area contributed by atoms with Crippen LogP contribution in [0, 0.1) is 24.2 Å². The second kappa shape index (κ2) is 12.3. The first-order valence-electron chi connectivity index (χ1n) is 7.93. The molecule has 1 aliphatic rings. The van der Waals surface area contributed by atoms with Crippen molar-refractivity contribution in [3.63, 3.8) is 0 Å². The zero-order valence-electron chi connectivity index (χ0n) is 14.1. The van der Waals surface area contributed by atoms with Crippen LogP contribution in [0.2, 0.25) is 0 Å². The molecule has 1 aliphatic heterocycles. The summed E-state index contributed by atoms with van der Waals surface area (Å²) >= 11 is 1.52. The van der Waals surface area contributed by atoms with Crippen molar-refractivity contribution in [1.82, 2.24) is 4.90 Å². The molecule has 3 rings (SSSR count). The summed E-state index contributed by atoms with van der Waals surface area (Å²) in [5.74, 6) is 0. The Balaban J connectivity index is 0.000000230. The molecule has 1 fully saturated rings. The fraction of sp³-hybridized carbons (Fsp3) is 0.350. The lowest BCUT2D eigenvalue weighted by atomic mass is 10.2. The first-order chi connectivity index (χ1) is 11.8. The van der Waals surface area contributed by atoms with Crippen LogP contribution < -0.4 is 0 Å². The van der Waals surface area contributed by atoms with E-state index in [1.807, 2.05) is 42.5 Å². The summed E-state index contributed by atoms with van der Waals surface area (Å²) in [4.78, 5) is 4.36. The van der Waals surface area contributed by atoms with E-state index in [1.165, 1.54) is 42.8 Å². The van der Waals surface area contributed by atoms with Gasteiger partial charge in [-0.15, -0.1) is 24.2 Å². The van der Waals surface area contributed by atoms with Gasteiger partial charge in [-0.25, -0.2) is 0 Å². The van der Waals surface area contributed by atoms with Gasteiger partial charge in [-0.05, 0) is 43.6 Å². The third-order valence-corrected chi connectivity index (χ3v) is 4.62. The summed E-state index contributed by atoms with van der Waals surface area (Å²) in [5.41, 5.74) is 1.18. The number of thiophene rings is 1. The van der Waals surface area contributed by atoms with Crippen molar-refractivity contribution in [2.75, 3.05) is 33.4 Å². The van der Waals surface area contributed by atoms with Crippen LogP contribution in [-0.4, -0.2) is 38.3 Å². The summed E-state index contributed by atoms with van der Waals surface area (Å²) in [6.07, 6.45) is 10.8. The molecule has 0 spiro atoms. The van der Waals surface area contributed by atoms with Gasteiger partial charge in [0, 0.05) is 18.5 Å². The third kappa shape index (κ3) is 6.98. The Morgan fingerprint density at radius 2 is 1.79 bits per heavy atom. The van der Waals surface area contributed by atoms with Gasteiger partial charge < -0.3 is 9.64 Å². The molecule has 0 unspecified atom stereocenters. The maximum absolute atomic E-state index is 8.66. The normalized spacial score (nSPS) is 13.1. The first-order valence-corrected chi connectivity index (χ1v) is 8.75. The average Bonchev–Trinajstić information content (AvgIpc) is 3.34. The highest BCUT2D eigenvalue weighted by Gasteiger charge is 2.09. The highest BCUT2D eigenvalue weighted by molar-refractivity contribution is 7.16. The molecule has 3 nitrogen and oxygen atoms in total. The number of nitriles is 1. The fourth-order valence-electron chi connectivity index (χ4n) is 2.38. The molecule has 2 aromatic rings. The minimum absolute atomic E-state index is 0.763. The van der Waals surface area contributed by atoms with Crippen LogP contribution in [0.5, 0.6) is 0 Å². The van der Waals surface area contributed by atoms with Crippen molar-refractivity contribution in [3.05, 3.63) is 47.3 Å². The van der Waals surface area contributed by atoms with Crippen LogP contribution >= 0.6 is 11.3 Å². The molecule has 1 saturated heterocycles. The number of terminal acetylenes is 1. The molecule has 24 heavy (non-hydrogen) atoms. The lowest BCUT2D eigenvalue weighted by Crippen LogP contribution is -2.23. The molecule has 0 atom stereocenters. The average molecular weight is 340 g/mol. The standard InChI is InChI=1S/C11H7NS.C7H15NO.C2H2/c12-8-10-6-7-11(13-10)9-4-2-1-3-5-9;1-9-7-6-8-4-2-3-5-8;1-2/h1-7H;2-7H2,1H3;1-2H. The number of rotatable bonds is 4. The van der Waals surface area contributed by atoms with Gasteiger partial charge in [0.2, 0.25) is 0 Å². The Bertz CT molecular complexity index is 622. The van der Waals surface area contributed by atoms with Crippen LogP contribution in [0.1, 0.15) is 17.7 Å². The molecule has 0 radical (unpaired) electrons. The van der Waals surface area contributed by atoms with E-state index in [0.717, 1.165) is 22.9 Å². The molecular formula is C20H24N2OS. The number of hydrogen-bond acceptors (Lipinski definition) is 4. The summed E-state index contributed by atoms with van der Waals surface area (Å²) in [6, 6.07) is 16.1. The molecule has 1 aromatic carbocycles. The Morgan fingerprint density at radius 1 is 1.12 bits per heavy atom. The lowest BCUT2D eigenvalue weighted by Gasteiger charge is -2.12. The molecule has 0 amide bonds. The number of likely N-dealkylation sites (tertiary alicyclic amines) is 1. The predicted molar refractivity (Wildman–Crippen MR) is 102 cm³/mol. The monoisotopic (exact) mass is 340 g/mol. The van der Waals surface area contributed by atoms with Crippen molar-refractivity contribution in [2.45, 2.75) is 12.8 Å². The number of methoxy groups -OCH3 is 1. The van der Waals surface area contributed by atoms with Crippen LogP contribution in [0.3, 0.4) is 0 Å². The number of nitrogens with zero attached hydrogens (tertiary/aromatic N) is 2. The maximum atomic E-state index is 8.66. The van der Waals surface area contributed by atoms with Gasteiger partial charge in [0.15, 0.2) is 0 Å². The van der Waals surface area contributed by atoms with Crippen LogP contribution in [0.15, 0.2) is 42.5 Å². The number of benzene rings is 1. The molecule has 0 N–H and O–H groups in total. The van der Waals surface area contributed by atoms with Crippen molar-refractivity contribution in [3.8, 4) is 29.4 Å². The van der Waals surface area contributed by atoms with E-state index >= 15 is 0 Å². The fourth-order valence-corrected chi connectivity index (χ4v) is 3.19. The van der Waals surface area contributed by atoms with Gasteiger partial charge in [-0.3, -0.25) is 0 Å². The second-order valence-corrected chi connectivity index (χ2v) is 6.27. The number of ether oxygens (including phenoxy) is 1. The Hall–Kier alpha value is -2.11. The van der Waals surface area contributed by atoms with Gasteiger partial charge in [0.05, 0.1) is 6.61 Å². The zero-order valence-corrected chi connectivity index (χ0v) is 15.0. The van der Waals surface area contributed by atoms with E-state index in [2.05, 4.69) is 23.8 Å². The minimum atomic E-state index is 0.763. The van der Waals surface area contributed by atoms with Crippen LogP contribution in [0.25, 0.3) is 10.4 Å². The van der Waals surface area contributed by atoms with E-state index in [9.17, 15) is 0 Å². The smallest absolute Gasteiger partial charge is 0.110 e. The molecule has 0 aliphatic carbocycles. The minimum Gasteiger partial charge on any atom is -0.383 e. The van der Waals surface area contributed by atoms with Gasteiger partial charge >= 0.3 is 0 Å². The van der Waals surface area contributed by atoms with Crippen LogP contribution in [0.4, 0.5) is 0 Å². The van der Waals surface area contributed by atoms with Crippen LogP contribution in [-0.2, 0) is 4.74 Å². The van der Waals surface area contributed by atoms with E-state index in [4.69, 9.17) is 10.00 Å². The molecule has 0 saturated carbocycles. The first kappa shape index (κ1) is 19.9. The zero-order chi connectivity index (χ0) is 17.6. The van der Waals surface area contributed by atoms with E-state index < -0.39 is 0 Å². The molecule has 126 valence electrons. The van der Waals surface area contributed by atoms with Crippen molar-refractivity contribution < 1.29 is 4.74 Å².